The number of methoxy groups -OCH3 is 2. The predicted molar refractivity (Wildman–Crippen MR) is 282 cm³/mol. The number of aliphatic hydroxyl groups excluding tert-OH is 5. The van der Waals surface area contributed by atoms with Crippen LogP contribution >= 0.6 is 0 Å². The van der Waals surface area contributed by atoms with Gasteiger partial charge in [-0.25, -0.2) is 0 Å². The van der Waals surface area contributed by atoms with Crippen LogP contribution in [0.4, 0.5) is 0 Å². The Labute approximate surface area is 480 Å². The van der Waals surface area contributed by atoms with Crippen LogP contribution in [-0.4, -0.2) is 225 Å². The fourth-order valence-corrected chi connectivity index (χ4v) is 12.4. The van der Waals surface area contributed by atoms with Crippen LogP contribution in [0.1, 0.15) is 116 Å². The molecule has 6 unspecified atom stereocenters. The van der Waals surface area contributed by atoms with Crippen molar-refractivity contribution in [2.75, 3.05) is 14.2 Å². The molecule has 83 heavy (non-hydrogen) atoms. The van der Waals surface area contributed by atoms with Crippen molar-refractivity contribution in [3.63, 3.8) is 0 Å². The molecule has 0 spiro atoms. The van der Waals surface area contributed by atoms with Gasteiger partial charge in [0.05, 0.1) is 65.9 Å². The van der Waals surface area contributed by atoms with Crippen LogP contribution < -0.4 is 4.74 Å². The van der Waals surface area contributed by atoms with Gasteiger partial charge in [-0.15, -0.1) is 0 Å². The Morgan fingerprint density at radius 3 is 1.78 bits per heavy atom. The Morgan fingerprint density at radius 1 is 0.687 bits per heavy atom. The molecule has 466 valence electrons. The Morgan fingerprint density at radius 2 is 1.22 bits per heavy atom. The summed E-state index contributed by atoms with van der Waals surface area (Å²) in [5.74, 6) is -5.32. The number of benzene rings is 2. The molecule has 0 saturated carbocycles. The molecule has 0 radical (unpaired) electrons. The lowest BCUT2D eigenvalue weighted by molar-refractivity contribution is -0.334. The van der Waals surface area contributed by atoms with E-state index in [1.54, 1.807) is 27.7 Å². The number of carbonyl (C=O) groups excluding carboxylic acids is 4. The summed E-state index contributed by atoms with van der Waals surface area (Å²) >= 11 is 0. The van der Waals surface area contributed by atoms with Crippen LogP contribution in [0.15, 0.2) is 12.1 Å². The van der Waals surface area contributed by atoms with Gasteiger partial charge >= 0.3 is 11.9 Å². The molecule has 2 aromatic rings. The van der Waals surface area contributed by atoms with E-state index in [1.807, 2.05) is 0 Å². The molecule has 8 rings (SSSR count). The molecule has 26 nitrogen and oxygen atoms in total. The summed E-state index contributed by atoms with van der Waals surface area (Å²) in [5.41, 5.74) is -1.51. The first-order valence-corrected chi connectivity index (χ1v) is 28.2. The molecule has 5 fully saturated rings. The molecular weight excluding hydrogens is 1100 g/mol. The maximum atomic E-state index is 15.1. The van der Waals surface area contributed by atoms with Gasteiger partial charge in [0, 0.05) is 71.7 Å². The minimum absolute atomic E-state index is 0.0251. The number of ether oxygens (including phenoxy) is 14. The molecule has 0 amide bonds. The average molecular weight is 1180 g/mol. The van der Waals surface area contributed by atoms with Crippen molar-refractivity contribution in [2.45, 2.75) is 255 Å². The van der Waals surface area contributed by atoms with Crippen LogP contribution in [-0.2, 0) is 82.4 Å². The highest BCUT2D eigenvalue weighted by Gasteiger charge is 2.52. The lowest BCUT2D eigenvalue weighted by Crippen LogP contribution is -2.59. The van der Waals surface area contributed by atoms with Crippen LogP contribution in [0, 0.1) is 12.8 Å². The van der Waals surface area contributed by atoms with E-state index in [1.165, 1.54) is 67.9 Å². The number of Topliss-reactive ketones (excluding diaryl/α,β-unsaturated/α-hetero) is 2. The number of aromatic hydroxyl groups is 2. The van der Waals surface area contributed by atoms with Crippen molar-refractivity contribution in [3.05, 3.63) is 28.8 Å². The SMILES string of the molecule is CO[C@@H]1[C@H](C)OC(O[C@H]2CC(Oc3cc4cc5c(c(O)c4c(O)c3C)C(=O)[C@@H](OC3C[C@@H](OC4C[C@H](OC6C[C@](C)(O)[C@@H](OC(C)=O)[C@H](C)O6)[C@@H](O)[C@H](C)O4)[C@H](O)[C@@H](C)O3)C([C@@H](OC)C(=O)[C@@H](O)[C@H](C)O)C5)O[C@@H](C)[C@H]2OC(C)=O)C[C@@H]1O. The van der Waals surface area contributed by atoms with Crippen molar-refractivity contribution in [1.29, 1.82) is 0 Å². The zero-order valence-corrected chi connectivity index (χ0v) is 48.7. The number of fused-ring (bicyclic) bond motifs is 2. The first kappa shape index (κ1) is 64.7. The quantitative estimate of drug-likeness (QED) is 0.0982. The third kappa shape index (κ3) is 13.9. The summed E-state index contributed by atoms with van der Waals surface area (Å²) in [6, 6.07) is 3.04. The van der Waals surface area contributed by atoms with Crippen molar-refractivity contribution < 1.29 is 126 Å². The van der Waals surface area contributed by atoms with E-state index in [4.69, 9.17) is 66.3 Å². The fourth-order valence-electron chi connectivity index (χ4n) is 12.4. The summed E-state index contributed by atoms with van der Waals surface area (Å²) in [6.45, 7) is 14.8. The smallest absolute Gasteiger partial charge is 0.303 e. The maximum Gasteiger partial charge on any atom is 0.303 e. The van der Waals surface area contributed by atoms with E-state index in [0.29, 0.717) is 0 Å². The van der Waals surface area contributed by atoms with Gasteiger partial charge in [-0.3, -0.25) is 19.2 Å². The van der Waals surface area contributed by atoms with Crippen LogP contribution in [0.5, 0.6) is 17.2 Å². The Kier molecular flexibility index (Phi) is 20.5. The highest BCUT2D eigenvalue weighted by Crippen LogP contribution is 2.48. The molecule has 26 heteroatoms. The van der Waals surface area contributed by atoms with Crippen molar-refractivity contribution in [3.8, 4) is 17.2 Å². The third-order valence-corrected chi connectivity index (χ3v) is 16.6. The maximum absolute atomic E-state index is 15.1. The molecule has 25 atom stereocenters. The van der Waals surface area contributed by atoms with Gasteiger partial charge in [-0.2, -0.15) is 0 Å². The fraction of sp³-hybridized carbons (Fsp3) is 0.754. The van der Waals surface area contributed by atoms with Gasteiger partial charge in [0.1, 0.15) is 65.6 Å². The molecule has 5 aliphatic heterocycles. The second kappa shape index (κ2) is 26.4. The summed E-state index contributed by atoms with van der Waals surface area (Å²) in [7, 11) is 2.64. The monoisotopic (exact) mass is 1180 g/mol. The number of rotatable bonds is 18. The van der Waals surface area contributed by atoms with E-state index in [0.717, 1.165) is 0 Å². The number of phenols is 2. The highest BCUT2D eigenvalue weighted by atomic mass is 16.7. The topological polar surface area (TPSA) is 359 Å². The Bertz CT molecular complexity index is 2620. The van der Waals surface area contributed by atoms with Gasteiger partial charge in [-0.05, 0) is 84.9 Å². The highest BCUT2D eigenvalue weighted by molar-refractivity contribution is 6.11. The third-order valence-electron chi connectivity index (χ3n) is 16.6. The number of hydrogen-bond acceptors (Lipinski definition) is 26. The van der Waals surface area contributed by atoms with E-state index < -0.39 is 188 Å². The molecule has 5 saturated heterocycles. The van der Waals surface area contributed by atoms with E-state index in [-0.39, 0.29) is 71.7 Å². The lowest BCUT2D eigenvalue weighted by Gasteiger charge is -2.46. The summed E-state index contributed by atoms with van der Waals surface area (Å²) < 4.78 is 84.2. The Balaban J connectivity index is 1.04. The summed E-state index contributed by atoms with van der Waals surface area (Å²) in [4.78, 5) is 53.2. The molecule has 6 aliphatic rings. The number of phenolic OH excluding ortho intramolecular Hbond substituents is 2. The Hall–Kier alpha value is -4.30. The van der Waals surface area contributed by atoms with Gasteiger partial charge in [-0.1, -0.05) is 0 Å². The molecule has 1 aliphatic carbocycles. The van der Waals surface area contributed by atoms with E-state index in [2.05, 4.69) is 0 Å². The second-order valence-corrected chi connectivity index (χ2v) is 23.1. The molecule has 8 N–H and O–H groups in total. The lowest BCUT2D eigenvalue weighted by atomic mass is 9.75. The van der Waals surface area contributed by atoms with Crippen LogP contribution in [0.3, 0.4) is 0 Å². The normalized spacial score (nSPS) is 39.7. The predicted octanol–water partition coefficient (Wildman–Crippen LogP) is 1.55. The average Bonchev–Trinajstić information content (AvgIpc) is 3.47. The van der Waals surface area contributed by atoms with Crippen LogP contribution in [0.2, 0.25) is 0 Å². The first-order valence-electron chi connectivity index (χ1n) is 28.2. The van der Waals surface area contributed by atoms with Crippen LogP contribution in [0.25, 0.3) is 10.8 Å². The summed E-state index contributed by atoms with van der Waals surface area (Å²) in [5, 5.41) is 90.1. The number of hydrogen-bond donors (Lipinski definition) is 8. The van der Waals surface area contributed by atoms with Gasteiger partial charge in [0.15, 0.2) is 48.9 Å². The van der Waals surface area contributed by atoms with Gasteiger partial charge < -0.3 is 107 Å². The van der Waals surface area contributed by atoms with Crippen molar-refractivity contribution in [2.24, 2.45) is 5.92 Å². The zero-order valence-electron chi connectivity index (χ0n) is 48.7. The minimum atomic E-state index is -1.96. The largest absolute Gasteiger partial charge is 0.507 e. The molecular formula is C57H82O26. The molecule has 5 heterocycles. The van der Waals surface area contributed by atoms with E-state index >= 15 is 4.79 Å². The van der Waals surface area contributed by atoms with Gasteiger partial charge in [0.25, 0.3) is 0 Å². The number of esters is 2. The standard InChI is InChI=1S/C57H82O26/c1-21-34(79-40-19-37(53(26(6)75-40)77-28(8)59)82-38-16-33(61)52(70-11)25(5)74-38)15-31-13-30-14-32(54(71-12)51(68)46(63)22(2)58)55(50(67)44(30)49(66)43(31)45(21)62)83-41-18-35(47(64)24(4)73-41)80-39-17-36(48(65)23(3)72-39)81-42-20-57(10,69)56(27(7)76-42)78-29(9)60/h13,15,22-27,32-33,35-42,46-48,52-56,58,61-66,69H,14,16-20H2,1-12H3/t22-,23-,24+,25-,26-,27-,32?,33-,35+,36-,37-,38?,39?,40?,41?,42?,46-,47+,48-,52+,53+,54+,55-,56-,57-/m0/s1. The summed E-state index contributed by atoms with van der Waals surface area (Å²) in [6.07, 6.45) is -25.9. The van der Waals surface area contributed by atoms with Crippen molar-refractivity contribution >= 4 is 34.3 Å². The number of aliphatic hydroxyl groups is 6. The van der Waals surface area contributed by atoms with E-state index in [9.17, 15) is 55.2 Å². The molecule has 0 aromatic heterocycles. The van der Waals surface area contributed by atoms with Crippen molar-refractivity contribution in [1.82, 2.24) is 0 Å². The zero-order chi connectivity index (χ0) is 60.8. The van der Waals surface area contributed by atoms with Gasteiger partial charge in [0.2, 0.25) is 6.29 Å². The number of carbonyl (C=O) groups is 4. The molecule has 2 aromatic carbocycles. The minimum Gasteiger partial charge on any atom is -0.507 e. The second-order valence-electron chi connectivity index (χ2n) is 23.1. The molecule has 0 bridgehead atoms. The number of ketones is 2. The first-order chi connectivity index (χ1) is 39.0.